The molecule has 3 rings (SSSR count). The Labute approximate surface area is 104 Å². The monoisotopic (exact) mass is 261 g/mol. The zero-order valence-corrected chi connectivity index (χ0v) is 9.78. The predicted octanol–water partition coefficient (Wildman–Crippen LogP) is 2.80. The molecule has 0 fully saturated rings. The molecule has 6 heteroatoms. The van der Waals surface area contributed by atoms with E-state index >= 15 is 0 Å². The van der Waals surface area contributed by atoms with E-state index in [1.807, 2.05) is 0 Å². The van der Waals surface area contributed by atoms with Crippen molar-refractivity contribution in [2.75, 3.05) is 0 Å². The van der Waals surface area contributed by atoms with Crippen molar-refractivity contribution in [2.24, 2.45) is 0 Å². The third kappa shape index (κ3) is 1.54. The minimum Gasteiger partial charge on any atom is -0.449 e. The molecule has 2 N–H and O–H groups in total. The van der Waals surface area contributed by atoms with Crippen LogP contribution in [0.4, 0.5) is 4.79 Å². The first-order chi connectivity index (χ1) is 8.66. The lowest BCUT2D eigenvalue weighted by Gasteiger charge is -2.04. The van der Waals surface area contributed by atoms with Crippen LogP contribution in [0.3, 0.4) is 0 Å². The average Bonchev–Trinajstić information content (AvgIpc) is 2.78. The van der Waals surface area contributed by atoms with Gasteiger partial charge >= 0.3 is 6.16 Å². The summed E-state index contributed by atoms with van der Waals surface area (Å²) in [5.74, 6) is 0.132. The zero-order chi connectivity index (χ0) is 12.7. The fourth-order valence-electron chi connectivity index (χ4n) is 1.87. The molecule has 0 unspecified atom stereocenters. The van der Waals surface area contributed by atoms with Crippen molar-refractivity contribution in [1.82, 2.24) is 4.98 Å². The van der Waals surface area contributed by atoms with Crippen molar-refractivity contribution in [3.63, 3.8) is 0 Å². The third-order valence-electron chi connectivity index (χ3n) is 2.62. The lowest BCUT2D eigenvalue weighted by atomic mass is 10.1. The topological polar surface area (TPSA) is 79.4 Å². The second-order valence-corrected chi connectivity index (χ2v) is 4.58. The van der Waals surface area contributed by atoms with Crippen LogP contribution in [-0.2, 0) is 0 Å². The molecule has 18 heavy (non-hydrogen) atoms. The van der Waals surface area contributed by atoms with Gasteiger partial charge in [-0.3, -0.25) is 4.79 Å². The Bertz CT molecular complexity index is 818. The number of carboxylic acid groups (broad SMARTS) is 1. The first kappa shape index (κ1) is 10.8. The minimum absolute atomic E-state index is 0.129. The Hall–Kier alpha value is -2.34. The summed E-state index contributed by atoms with van der Waals surface area (Å²) in [4.78, 5) is 26.5. The van der Waals surface area contributed by atoms with E-state index in [1.54, 1.807) is 23.6 Å². The highest BCUT2D eigenvalue weighted by Gasteiger charge is 2.11. The van der Waals surface area contributed by atoms with E-state index in [0.717, 1.165) is 0 Å². The number of hydrogen-bond donors (Lipinski definition) is 2. The minimum atomic E-state index is -1.41. The maximum atomic E-state index is 12.2. The molecule has 0 saturated carbocycles. The summed E-state index contributed by atoms with van der Waals surface area (Å²) < 4.78 is 4.66. The molecule has 2 aromatic heterocycles. The van der Waals surface area contributed by atoms with Crippen LogP contribution in [0.15, 0.2) is 34.4 Å². The van der Waals surface area contributed by atoms with E-state index < -0.39 is 6.16 Å². The van der Waals surface area contributed by atoms with Gasteiger partial charge in [-0.25, -0.2) is 4.79 Å². The lowest BCUT2D eigenvalue weighted by Crippen LogP contribution is -2.07. The number of para-hydroxylation sites is 1. The van der Waals surface area contributed by atoms with Gasteiger partial charge in [-0.1, -0.05) is 6.07 Å². The van der Waals surface area contributed by atoms with Gasteiger partial charge in [0.25, 0.3) is 0 Å². The number of pyridine rings is 1. The van der Waals surface area contributed by atoms with Gasteiger partial charge in [0.15, 0.2) is 11.2 Å². The Morgan fingerprint density at radius 1 is 1.28 bits per heavy atom. The largest absolute Gasteiger partial charge is 0.511 e. The molecule has 0 aliphatic carbocycles. The Balaban J connectivity index is 2.43. The van der Waals surface area contributed by atoms with Gasteiger partial charge in [0.2, 0.25) is 0 Å². The van der Waals surface area contributed by atoms with Crippen LogP contribution in [0, 0.1) is 0 Å². The van der Waals surface area contributed by atoms with Crippen molar-refractivity contribution >= 4 is 38.6 Å². The number of nitrogens with one attached hydrogen (secondary N) is 1. The average molecular weight is 261 g/mol. The van der Waals surface area contributed by atoms with Crippen LogP contribution in [0.2, 0.25) is 0 Å². The number of hydrogen-bond acceptors (Lipinski definition) is 4. The van der Waals surface area contributed by atoms with Crippen LogP contribution in [0.25, 0.3) is 21.1 Å². The van der Waals surface area contributed by atoms with Gasteiger partial charge in [-0.2, -0.15) is 0 Å². The Kier molecular flexibility index (Phi) is 2.31. The number of ether oxygens (including phenoxy) is 1. The Morgan fingerprint density at radius 3 is 2.89 bits per heavy atom. The molecule has 1 aromatic carbocycles. The summed E-state index contributed by atoms with van der Waals surface area (Å²) in [5, 5.41) is 11.5. The molecular weight excluding hydrogens is 254 g/mol. The maximum absolute atomic E-state index is 12.2. The van der Waals surface area contributed by atoms with E-state index in [9.17, 15) is 9.59 Å². The number of fused-ring (bicyclic) bond motifs is 2. The second-order valence-electron chi connectivity index (χ2n) is 3.66. The van der Waals surface area contributed by atoms with E-state index in [0.29, 0.717) is 21.1 Å². The number of benzene rings is 1. The van der Waals surface area contributed by atoms with E-state index in [1.165, 1.54) is 17.4 Å². The lowest BCUT2D eigenvalue weighted by molar-refractivity contribution is 0.145. The summed E-state index contributed by atoms with van der Waals surface area (Å²) in [7, 11) is 0. The van der Waals surface area contributed by atoms with Gasteiger partial charge in [-0.15, -0.1) is 11.3 Å². The molecule has 0 saturated heterocycles. The number of thiophene rings is 1. The van der Waals surface area contributed by atoms with Gasteiger partial charge in [-0.05, 0) is 23.6 Å². The van der Waals surface area contributed by atoms with Gasteiger partial charge in [0, 0.05) is 5.39 Å². The van der Waals surface area contributed by atoms with Gasteiger partial charge < -0.3 is 14.8 Å². The molecule has 5 nitrogen and oxygen atoms in total. The zero-order valence-electron chi connectivity index (χ0n) is 8.97. The van der Waals surface area contributed by atoms with Crippen molar-refractivity contribution in [2.45, 2.75) is 0 Å². The maximum Gasteiger partial charge on any atom is 0.511 e. The van der Waals surface area contributed by atoms with Crippen LogP contribution < -0.4 is 10.2 Å². The van der Waals surface area contributed by atoms with Crippen LogP contribution >= 0.6 is 11.3 Å². The number of aromatic nitrogens is 1. The van der Waals surface area contributed by atoms with Crippen molar-refractivity contribution in [1.29, 1.82) is 0 Å². The van der Waals surface area contributed by atoms with Crippen molar-refractivity contribution in [3.05, 3.63) is 39.9 Å². The number of rotatable bonds is 1. The molecule has 0 aliphatic heterocycles. The fraction of sp³-hybridized carbons (Fsp3) is 0. The predicted molar refractivity (Wildman–Crippen MR) is 68.6 cm³/mol. The van der Waals surface area contributed by atoms with E-state index in [-0.39, 0.29) is 11.2 Å². The van der Waals surface area contributed by atoms with E-state index in [4.69, 9.17) is 5.11 Å². The van der Waals surface area contributed by atoms with Gasteiger partial charge in [0.05, 0.1) is 10.9 Å². The van der Waals surface area contributed by atoms with Crippen LogP contribution in [-0.4, -0.2) is 16.2 Å². The molecule has 90 valence electrons. The summed E-state index contributed by atoms with van der Waals surface area (Å²) in [6, 6.07) is 6.48. The standard InChI is InChI=1S/C12H7NO4S/c14-10-6-2-1-3-8(17-12(15)16)9(6)13-11-7(10)4-5-18-11/h1-5H,(H,13,14)(H,15,16). The summed E-state index contributed by atoms with van der Waals surface area (Å²) in [6.45, 7) is 0. The summed E-state index contributed by atoms with van der Waals surface area (Å²) in [5.41, 5.74) is 0.274. The first-order valence-corrected chi connectivity index (χ1v) is 5.98. The van der Waals surface area contributed by atoms with Crippen molar-refractivity contribution < 1.29 is 14.6 Å². The quantitative estimate of drug-likeness (QED) is 0.521. The van der Waals surface area contributed by atoms with Crippen LogP contribution in [0.1, 0.15) is 0 Å². The molecule has 3 aromatic rings. The molecule has 0 amide bonds. The van der Waals surface area contributed by atoms with Crippen LogP contribution in [0.5, 0.6) is 5.75 Å². The highest BCUT2D eigenvalue weighted by molar-refractivity contribution is 7.16. The highest BCUT2D eigenvalue weighted by atomic mass is 32.1. The second kappa shape index (κ2) is 3.85. The third-order valence-corrected chi connectivity index (χ3v) is 3.45. The molecule has 0 radical (unpaired) electrons. The number of H-pyrrole nitrogens is 1. The smallest absolute Gasteiger partial charge is 0.449 e. The highest BCUT2D eigenvalue weighted by Crippen LogP contribution is 2.26. The SMILES string of the molecule is O=C(O)Oc1cccc2c(=O)c3ccsc3[nH]c12. The summed E-state index contributed by atoms with van der Waals surface area (Å²) >= 11 is 1.39. The van der Waals surface area contributed by atoms with E-state index in [2.05, 4.69) is 9.72 Å². The first-order valence-electron chi connectivity index (χ1n) is 5.10. The van der Waals surface area contributed by atoms with Gasteiger partial charge in [0.1, 0.15) is 4.83 Å². The van der Waals surface area contributed by atoms with Crippen molar-refractivity contribution in [3.8, 4) is 5.75 Å². The summed E-state index contributed by atoms with van der Waals surface area (Å²) in [6.07, 6.45) is -1.41. The number of aromatic amines is 1. The molecular formula is C12H7NO4S. The Morgan fingerprint density at radius 2 is 2.11 bits per heavy atom. The molecule has 0 atom stereocenters. The molecule has 2 heterocycles. The normalized spacial score (nSPS) is 10.9. The fourth-order valence-corrected chi connectivity index (χ4v) is 2.66. The number of carbonyl (C=O) groups is 1. The molecule has 0 bridgehead atoms. The molecule has 0 aliphatic rings. The molecule has 0 spiro atoms.